The molecule has 2 heterocycles. The molecule has 11 heteroatoms. The lowest BCUT2D eigenvalue weighted by Gasteiger charge is -2.26. The molecule has 1 unspecified atom stereocenters. The number of nitrogens with one attached hydrogen (secondary N) is 1. The van der Waals surface area contributed by atoms with E-state index < -0.39 is 10.0 Å². The summed E-state index contributed by atoms with van der Waals surface area (Å²) in [5.41, 5.74) is 1.30. The summed E-state index contributed by atoms with van der Waals surface area (Å²) in [7, 11) is -3.81. The third-order valence-electron chi connectivity index (χ3n) is 4.76. The van der Waals surface area contributed by atoms with Crippen LogP contribution in [0, 0.1) is 0 Å². The molecule has 0 saturated heterocycles. The molecule has 2 aromatic carbocycles. The molecular formula is C20H22N4O5S2. The first-order valence-electron chi connectivity index (χ1n) is 9.66. The maximum Gasteiger partial charge on any atom is 0.238 e. The number of ether oxygens (including phenoxy) is 2. The summed E-state index contributed by atoms with van der Waals surface area (Å²) in [6.45, 7) is 3.27. The highest BCUT2D eigenvalue weighted by molar-refractivity contribution is 7.99. The number of imidazole rings is 1. The van der Waals surface area contributed by atoms with E-state index in [4.69, 9.17) is 14.6 Å². The van der Waals surface area contributed by atoms with Crippen LogP contribution in [0.25, 0.3) is 11.0 Å². The van der Waals surface area contributed by atoms with Crippen LogP contribution in [0.1, 0.15) is 6.92 Å². The van der Waals surface area contributed by atoms with Gasteiger partial charge in [0.2, 0.25) is 15.9 Å². The third-order valence-corrected chi connectivity index (χ3v) is 6.64. The van der Waals surface area contributed by atoms with Crippen LogP contribution in [0.2, 0.25) is 0 Å². The van der Waals surface area contributed by atoms with Crippen LogP contribution in [0.5, 0.6) is 11.5 Å². The molecule has 1 aliphatic rings. The molecule has 164 valence electrons. The predicted octanol–water partition coefficient (Wildman–Crippen LogP) is 1.75. The summed E-state index contributed by atoms with van der Waals surface area (Å²) < 4.78 is 36.6. The van der Waals surface area contributed by atoms with Gasteiger partial charge in [-0.25, -0.2) is 18.5 Å². The fourth-order valence-corrected chi connectivity index (χ4v) is 4.69. The first-order valence-corrected chi connectivity index (χ1v) is 12.2. The topological polar surface area (TPSA) is 126 Å². The molecule has 31 heavy (non-hydrogen) atoms. The van der Waals surface area contributed by atoms with Crippen molar-refractivity contribution in [3.05, 3.63) is 42.5 Å². The van der Waals surface area contributed by atoms with E-state index in [1.807, 2.05) is 35.8 Å². The van der Waals surface area contributed by atoms with Crippen molar-refractivity contribution < 1.29 is 22.7 Å². The molecule has 1 amide bonds. The van der Waals surface area contributed by atoms with Gasteiger partial charge in [-0.2, -0.15) is 0 Å². The number of hydrogen-bond donors (Lipinski definition) is 2. The highest BCUT2D eigenvalue weighted by Gasteiger charge is 2.21. The molecule has 1 aromatic heterocycles. The molecule has 0 spiro atoms. The van der Waals surface area contributed by atoms with Crippen molar-refractivity contribution in [3.63, 3.8) is 0 Å². The zero-order valence-corrected chi connectivity index (χ0v) is 18.4. The Hall–Kier alpha value is -2.76. The van der Waals surface area contributed by atoms with Crippen LogP contribution < -0.4 is 19.9 Å². The van der Waals surface area contributed by atoms with Crippen LogP contribution in [-0.2, 0) is 21.4 Å². The summed E-state index contributed by atoms with van der Waals surface area (Å²) in [5.74, 6) is 1.37. The predicted molar refractivity (Wildman–Crippen MR) is 117 cm³/mol. The number of aryl methyl sites for hydroxylation is 1. The largest absolute Gasteiger partial charge is 0.486 e. The number of amides is 1. The number of carbonyl (C=O) groups excluding carboxylic acids is 1. The minimum Gasteiger partial charge on any atom is -0.486 e. The van der Waals surface area contributed by atoms with Gasteiger partial charge in [-0.15, -0.1) is 0 Å². The van der Waals surface area contributed by atoms with E-state index in [1.165, 1.54) is 23.9 Å². The molecule has 0 bridgehead atoms. The molecule has 1 atom stereocenters. The smallest absolute Gasteiger partial charge is 0.238 e. The van der Waals surface area contributed by atoms with E-state index in [-0.39, 0.29) is 22.7 Å². The average Bonchev–Trinajstić information content (AvgIpc) is 3.12. The lowest BCUT2D eigenvalue weighted by Crippen LogP contribution is -2.41. The van der Waals surface area contributed by atoms with Crippen LogP contribution in [0.3, 0.4) is 0 Å². The Kier molecular flexibility index (Phi) is 6.08. The van der Waals surface area contributed by atoms with Gasteiger partial charge in [0, 0.05) is 6.54 Å². The van der Waals surface area contributed by atoms with Crippen molar-refractivity contribution in [2.24, 2.45) is 5.14 Å². The van der Waals surface area contributed by atoms with Crippen LogP contribution in [-0.4, -0.2) is 48.9 Å². The van der Waals surface area contributed by atoms with Gasteiger partial charge in [0.15, 0.2) is 16.7 Å². The summed E-state index contributed by atoms with van der Waals surface area (Å²) >= 11 is 1.28. The van der Waals surface area contributed by atoms with E-state index in [0.717, 1.165) is 5.52 Å². The van der Waals surface area contributed by atoms with Crippen molar-refractivity contribution >= 4 is 38.7 Å². The molecule has 0 radical (unpaired) electrons. The Morgan fingerprint density at radius 2 is 2.06 bits per heavy atom. The molecule has 0 fully saturated rings. The first-order chi connectivity index (χ1) is 14.8. The number of thioether (sulfide) groups is 1. The number of carbonyl (C=O) groups is 1. The Bertz CT molecular complexity index is 1230. The Morgan fingerprint density at radius 1 is 1.29 bits per heavy atom. The average molecular weight is 463 g/mol. The van der Waals surface area contributed by atoms with Crippen molar-refractivity contribution in [1.29, 1.82) is 0 Å². The van der Waals surface area contributed by atoms with Gasteiger partial charge in [-0.3, -0.25) is 4.79 Å². The molecule has 4 rings (SSSR count). The zero-order chi connectivity index (χ0) is 22.0. The second-order valence-corrected chi connectivity index (χ2v) is 9.43. The Balaban J connectivity index is 1.37. The van der Waals surface area contributed by atoms with Crippen molar-refractivity contribution in [1.82, 2.24) is 14.9 Å². The number of para-hydroxylation sites is 2. The number of sulfonamides is 1. The summed E-state index contributed by atoms with van der Waals surface area (Å²) in [4.78, 5) is 16.8. The van der Waals surface area contributed by atoms with Crippen LogP contribution in [0.15, 0.2) is 52.5 Å². The number of nitrogens with zero attached hydrogens (tertiary/aromatic N) is 2. The molecule has 0 aliphatic carbocycles. The SMILES string of the molecule is CCn1c(SCC(=O)NCC2COc3ccccc3O2)nc2cc(S(N)(=O)=O)ccc21. The number of benzene rings is 2. The lowest BCUT2D eigenvalue weighted by atomic mass is 10.2. The minimum absolute atomic E-state index is 0.00585. The molecule has 1 aliphatic heterocycles. The number of primary sulfonamides is 1. The molecule has 0 saturated carbocycles. The van der Waals surface area contributed by atoms with Crippen molar-refractivity contribution in [3.8, 4) is 11.5 Å². The maximum atomic E-state index is 12.3. The van der Waals surface area contributed by atoms with E-state index in [0.29, 0.717) is 41.9 Å². The minimum atomic E-state index is -3.81. The van der Waals surface area contributed by atoms with Gasteiger partial charge in [-0.1, -0.05) is 23.9 Å². The normalized spacial score (nSPS) is 15.7. The summed E-state index contributed by atoms with van der Waals surface area (Å²) in [6.07, 6.45) is -0.263. The highest BCUT2D eigenvalue weighted by atomic mass is 32.2. The molecule has 9 nitrogen and oxygen atoms in total. The molecule has 3 N–H and O–H groups in total. The molecular weight excluding hydrogens is 440 g/mol. The third kappa shape index (κ3) is 4.78. The number of nitrogens with two attached hydrogens (primary N) is 1. The number of fused-ring (bicyclic) bond motifs is 2. The monoisotopic (exact) mass is 462 g/mol. The first kappa shape index (κ1) is 21.5. The molecule has 3 aromatic rings. The Labute approximate surface area is 184 Å². The van der Waals surface area contributed by atoms with Gasteiger partial charge < -0.3 is 19.4 Å². The van der Waals surface area contributed by atoms with Gasteiger partial charge >= 0.3 is 0 Å². The highest BCUT2D eigenvalue weighted by Crippen LogP contribution is 2.30. The second kappa shape index (κ2) is 8.77. The van der Waals surface area contributed by atoms with Crippen molar-refractivity contribution in [2.45, 2.75) is 29.6 Å². The summed E-state index contributed by atoms with van der Waals surface area (Å²) in [6, 6.07) is 12.0. The van der Waals surface area contributed by atoms with Gasteiger partial charge in [0.05, 0.1) is 28.2 Å². The quantitative estimate of drug-likeness (QED) is 0.512. The fraction of sp³-hybridized carbons (Fsp3) is 0.300. The Morgan fingerprint density at radius 3 is 2.81 bits per heavy atom. The van der Waals surface area contributed by atoms with Gasteiger partial charge in [0.1, 0.15) is 12.7 Å². The van der Waals surface area contributed by atoms with E-state index in [9.17, 15) is 13.2 Å². The van der Waals surface area contributed by atoms with E-state index in [2.05, 4.69) is 10.3 Å². The van der Waals surface area contributed by atoms with E-state index in [1.54, 1.807) is 6.07 Å². The fourth-order valence-electron chi connectivity index (χ4n) is 3.25. The summed E-state index contributed by atoms with van der Waals surface area (Å²) in [5, 5.41) is 8.69. The van der Waals surface area contributed by atoms with Gasteiger partial charge in [-0.05, 0) is 37.3 Å². The zero-order valence-electron chi connectivity index (χ0n) is 16.8. The van der Waals surface area contributed by atoms with Gasteiger partial charge in [0.25, 0.3) is 0 Å². The number of rotatable bonds is 7. The van der Waals surface area contributed by atoms with Crippen LogP contribution in [0.4, 0.5) is 0 Å². The number of hydrogen-bond acceptors (Lipinski definition) is 7. The number of aromatic nitrogens is 2. The van der Waals surface area contributed by atoms with Crippen molar-refractivity contribution in [2.75, 3.05) is 18.9 Å². The second-order valence-electron chi connectivity index (χ2n) is 6.92. The van der Waals surface area contributed by atoms with Crippen LogP contribution >= 0.6 is 11.8 Å². The maximum absolute atomic E-state index is 12.3. The standard InChI is InChI=1S/C20H22N4O5S2/c1-2-24-16-8-7-14(31(21,26)27)9-15(16)23-20(24)30-12-19(25)22-10-13-11-28-17-5-3-4-6-18(17)29-13/h3-9,13H,2,10-12H2,1H3,(H,22,25)(H2,21,26,27). The lowest BCUT2D eigenvalue weighted by molar-refractivity contribution is -0.119. The van der Waals surface area contributed by atoms with E-state index >= 15 is 0 Å².